The molecule has 4 nitrogen and oxygen atoms in total. The average Bonchev–Trinajstić information content (AvgIpc) is 1.59. The van der Waals surface area contributed by atoms with Crippen molar-refractivity contribution in [3.63, 3.8) is 0 Å². The van der Waals surface area contributed by atoms with Gasteiger partial charge in [-0.15, -0.1) is 0 Å². The average molecular weight is 1280 g/mol. The van der Waals surface area contributed by atoms with Gasteiger partial charge in [0, 0.05) is 17.4 Å². The van der Waals surface area contributed by atoms with Crippen molar-refractivity contribution in [2.24, 2.45) is 0 Å². The summed E-state index contributed by atoms with van der Waals surface area (Å²) in [5, 5.41) is 7.06. The topological polar surface area (TPSA) is 38.2 Å². The predicted octanol–water partition coefficient (Wildman–Crippen LogP) is 23.9. The third kappa shape index (κ3) is 8.01. The minimum absolute atomic E-state index is 0.675. The van der Waals surface area contributed by atoms with Crippen molar-refractivity contribution < 1.29 is 4.74 Å². The van der Waals surface area contributed by atoms with E-state index in [0.717, 1.165) is 67.5 Å². The Morgan fingerprint density at radius 3 is 0.990 bits per heavy atom. The lowest BCUT2D eigenvalue weighted by Gasteiger charge is -2.35. The lowest BCUT2D eigenvalue weighted by molar-refractivity contribution is 0.477. The van der Waals surface area contributed by atoms with Crippen LogP contribution in [0.4, 0.5) is 17.1 Å². The molecule has 0 fully saturated rings. The highest BCUT2D eigenvalue weighted by Crippen LogP contribution is 2.61. The summed E-state index contributed by atoms with van der Waals surface area (Å²) in [5.41, 5.74) is 27.0. The van der Waals surface area contributed by atoms with Crippen molar-refractivity contribution in [2.45, 2.75) is 16.2 Å². The predicted molar refractivity (Wildman–Crippen MR) is 412 cm³/mol. The monoisotopic (exact) mass is 1280 g/mol. The second kappa shape index (κ2) is 22.0. The lowest BCUT2D eigenvalue weighted by Crippen LogP contribution is -2.30. The second-order valence-corrected chi connectivity index (χ2v) is 27.4. The normalized spacial score (nSPS) is 15.2. The van der Waals surface area contributed by atoms with Crippen LogP contribution >= 0.6 is 0 Å². The zero-order valence-electron chi connectivity index (χ0n) is 55.0. The van der Waals surface area contributed by atoms with Gasteiger partial charge in [-0.3, -0.25) is 0 Å². The molecule has 0 radical (unpaired) electrons. The fourth-order valence-corrected chi connectivity index (χ4v) is 18.4. The minimum Gasteiger partial charge on any atom is -0.453 e. The number of para-hydroxylation sites is 4. The van der Waals surface area contributed by atoms with Crippen LogP contribution in [0, 0.1) is 0 Å². The summed E-state index contributed by atoms with van der Waals surface area (Å²) in [5.74, 6) is 1.63. The molecule has 1 aromatic heterocycles. The summed E-state index contributed by atoms with van der Waals surface area (Å²) in [7, 11) is 0. The van der Waals surface area contributed by atoms with E-state index in [1.807, 2.05) is 30.5 Å². The Hall–Kier alpha value is -13.0. The molecule has 4 aliphatic rings. The fourth-order valence-electron chi connectivity index (χ4n) is 18.4. The van der Waals surface area contributed by atoms with Crippen LogP contribution in [-0.4, -0.2) is 9.97 Å². The third-order valence-corrected chi connectivity index (χ3v) is 22.7. The van der Waals surface area contributed by atoms with Gasteiger partial charge in [0.1, 0.15) is 6.33 Å². The van der Waals surface area contributed by atoms with Gasteiger partial charge < -0.3 is 9.64 Å². The van der Waals surface area contributed by atoms with E-state index in [9.17, 15) is 0 Å². The molecule has 0 saturated carbocycles. The number of benzene rings is 16. The van der Waals surface area contributed by atoms with E-state index >= 15 is 0 Å². The molecule has 1 unspecified atom stereocenters. The van der Waals surface area contributed by atoms with Gasteiger partial charge >= 0.3 is 0 Å². The largest absolute Gasteiger partial charge is 0.453 e. The number of aromatic nitrogens is 2. The fraction of sp³-hybridized carbons (Fsp3) is 0.0309. The molecule has 1 aliphatic heterocycles. The number of rotatable bonds is 9. The van der Waals surface area contributed by atoms with E-state index in [4.69, 9.17) is 14.7 Å². The first-order chi connectivity index (χ1) is 50.1. The van der Waals surface area contributed by atoms with Gasteiger partial charge in [0.15, 0.2) is 11.5 Å². The SMILES string of the molecule is c1ccc(-c2ccc(C3(c4ccc5c(c4)c4ccc(C6(c7ccc(-c8ccccc8)cc7)c7ccccc7-c7ccccc76)cc4c4ccc(C6(c7ccc(N8c9ccccc9Oc9ccccc98)cc7)c7ccccc7-c7cncnc76)cc54)c4ccccc4-c4ccccc43)cc2)cc1. The molecule has 470 valence electrons. The van der Waals surface area contributed by atoms with Gasteiger partial charge in [-0.1, -0.05) is 303 Å². The number of nitrogens with zero attached hydrogens (tertiary/aromatic N) is 3. The van der Waals surface area contributed by atoms with Crippen LogP contribution in [0.25, 0.3) is 88.0 Å². The third-order valence-electron chi connectivity index (χ3n) is 22.7. The van der Waals surface area contributed by atoms with E-state index in [0.29, 0.717) is 0 Å². The molecule has 21 rings (SSSR count). The molecule has 17 aromatic rings. The Morgan fingerprint density at radius 2 is 0.564 bits per heavy atom. The molecule has 1 atom stereocenters. The minimum atomic E-state index is -0.869. The molecule has 16 aromatic carbocycles. The van der Waals surface area contributed by atoms with Crippen LogP contribution in [0.1, 0.15) is 66.9 Å². The van der Waals surface area contributed by atoms with Crippen molar-refractivity contribution in [3.05, 3.63) is 437 Å². The first kappa shape index (κ1) is 57.1. The number of hydrogen-bond acceptors (Lipinski definition) is 4. The summed E-state index contributed by atoms with van der Waals surface area (Å²) < 4.78 is 6.53. The molecule has 0 spiro atoms. The molecule has 3 aliphatic carbocycles. The molecule has 0 bridgehead atoms. The second-order valence-electron chi connectivity index (χ2n) is 27.4. The van der Waals surface area contributed by atoms with Gasteiger partial charge in [0.25, 0.3) is 0 Å². The Bertz CT molecular complexity index is 5840. The highest BCUT2D eigenvalue weighted by Gasteiger charge is 2.50. The quantitative estimate of drug-likeness (QED) is 0.135. The zero-order valence-corrected chi connectivity index (χ0v) is 55.0. The summed E-state index contributed by atoms with van der Waals surface area (Å²) >= 11 is 0. The maximum Gasteiger partial charge on any atom is 0.151 e. The summed E-state index contributed by atoms with van der Waals surface area (Å²) in [6, 6.07) is 134. The molecule has 2 heterocycles. The smallest absolute Gasteiger partial charge is 0.151 e. The van der Waals surface area contributed by atoms with Crippen molar-refractivity contribution in [2.75, 3.05) is 4.90 Å². The van der Waals surface area contributed by atoms with Crippen molar-refractivity contribution >= 4 is 49.4 Å². The zero-order chi connectivity index (χ0) is 66.4. The Kier molecular flexibility index (Phi) is 12.4. The van der Waals surface area contributed by atoms with Crippen LogP contribution in [0.5, 0.6) is 11.5 Å². The molecular formula is C97H61N3O. The van der Waals surface area contributed by atoms with Crippen molar-refractivity contribution in [1.29, 1.82) is 0 Å². The van der Waals surface area contributed by atoms with Crippen molar-refractivity contribution in [3.8, 4) is 67.1 Å². The van der Waals surface area contributed by atoms with Crippen LogP contribution in [-0.2, 0) is 16.2 Å². The maximum atomic E-state index is 6.53. The Labute approximate surface area is 586 Å². The van der Waals surface area contributed by atoms with Gasteiger partial charge in [-0.25, -0.2) is 9.97 Å². The van der Waals surface area contributed by atoms with Gasteiger partial charge in [0.05, 0.1) is 33.3 Å². The molecule has 0 saturated heterocycles. The number of ether oxygens (including phenoxy) is 1. The molecule has 101 heavy (non-hydrogen) atoms. The lowest BCUT2D eigenvalue weighted by atomic mass is 9.66. The van der Waals surface area contributed by atoms with Crippen LogP contribution in [0.2, 0.25) is 0 Å². The van der Waals surface area contributed by atoms with Crippen LogP contribution in [0.3, 0.4) is 0 Å². The summed E-state index contributed by atoms with van der Waals surface area (Å²) in [6.45, 7) is 0. The van der Waals surface area contributed by atoms with Crippen molar-refractivity contribution in [1.82, 2.24) is 9.97 Å². The highest BCUT2D eigenvalue weighted by molar-refractivity contribution is 6.26. The Morgan fingerprint density at radius 1 is 0.248 bits per heavy atom. The van der Waals surface area contributed by atoms with Crippen LogP contribution < -0.4 is 9.64 Å². The van der Waals surface area contributed by atoms with E-state index in [1.165, 1.54) is 116 Å². The van der Waals surface area contributed by atoms with Gasteiger partial charge in [-0.05, 0) is 198 Å². The maximum absolute atomic E-state index is 6.53. The van der Waals surface area contributed by atoms with Crippen LogP contribution in [0.15, 0.2) is 370 Å². The first-order valence-electron chi connectivity index (χ1n) is 34.9. The highest BCUT2D eigenvalue weighted by atomic mass is 16.5. The van der Waals surface area contributed by atoms with E-state index in [2.05, 4.69) is 339 Å². The summed E-state index contributed by atoms with van der Waals surface area (Å²) in [4.78, 5) is 12.5. The number of anilines is 3. The standard InChI is InChI=1S/C97H61N3O/c1-3-21-62(22-4-1)64-39-43-66(44-40-64)95(85-30-12-7-25-76(85)77-26-8-13-31-86(77)95)69-49-54-73-81-57-70(96(67-45-41-65(42-46-67)63-23-5-2-6-24-63)87-32-14-9-27-78(87)79-28-10-15-33-88(79)96)50-55-74(81)83-59-71(51-56-75(83)82(73)58-69)97(89-34-16-11-29-80(89)84-60-98-61-99-94(84)97)68-47-52-72(53-48-68)100-90-35-17-19-37-92(90)101-93-38-20-18-36-91(93)100/h1-61H. The van der Waals surface area contributed by atoms with Gasteiger partial charge in [0.2, 0.25) is 0 Å². The number of fused-ring (bicyclic) bond motifs is 17. The Balaban J connectivity index is 0.849. The van der Waals surface area contributed by atoms with E-state index in [1.54, 1.807) is 6.33 Å². The number of hydrogen-bond donors (Lipinski definition) is 0. The van der Waals surface area contributed by atoms with Gasteiger partial charge in [-0.2, -0.15) is 0 Å². The molecule has 0 amide bonds. The molecule has 0 N–H and O–H groups in total. The molecular weight excluding hydrogens is 1220 g/mol. The van der Waals surface area contributed by atoms with E-state index < -0.39 is 16.2 Å². The first-order valence-corrected chi connectivity index (χ1v) is 34.9. The summed E-state index contributed by atoms with van der Waals surface area (Å²) in [6.07, 6.45) is 3.75. The molecule has 4 heteroatoms. The van der Waals surface area contributed by atoms with E-state index in [-0.39, 0.29) is 0 Å².